The number of nitrogens with zero attached hydrogens (tertiary/aromatic N) is 2. The highest BCUT2D eigenvalue weighted by molar-refractivity contribution is 7.80. The zero-order valence-electron chi connectivity index (χ0n) is 8.01. The summed E-state index contributed by atoms with van der Waals surface area (Å²) in [7, 11) is 0. The first-order valence-electron chi connectivity index (χ1n) is 4.39. The van der Waals surface area contributed by atoms with Crippen molar-refractivity contribution in [3.8, 4) is 11.3 Å². The lowest BCUT2D eigenvalue weighted by Gasteiger charge is -1.92. The van der Waals surface area contributed by atoms with Crippen LogP contribution in [0.4, 0.5) is 0 Å². The van der Waals surface area contributed by atoms with E-state index >= 15 is 0 Å². The van der Waals surface area contributed by atoms with E-state index in [-0.39, 0.29) is 0 Å². The van der Waals surface area contributed by atoms with Crippen LogP contribution in [0.1, 0.15) is 6.92 Å². The van der Waals surface area contributed by atoms with E-state index in [1.54, 1.807) is 18.6 Å². The molecule has 2 aromatic heterocycles. The Kier molecular flexibility index (Phi) is 4.78. The second-order valence-corrected chi connectivity index (χ2v) is 3.15. The maximum atomic E-state index is 3.92. The van der Waals surface area contributed by atoms with E-state index in [4.69, 9.17) is 0 Å². The summed E-state index contributed by atoms with van der Waals surface area (Å²) in [6.07, 6.45) is 5.25. The molecule has 1 N–H and O–H groups in total. The average molecular weight is 207 g/mol. The molecule has 4 heteroatoms. The van der Waals surface area contributed by atoms with Crippen LogP contribution in [-0.4, -0.2) is 20.9 Å². The molecular weight excluding hydrogens is 194 g/mol. The van der Waals surface area contributed by atoms with Gasteiger partial charge in [-0.15, -0.1) is 0 Å². The third-order valence-corrected chi connectivity index (χ3v) is 1.49. The molecule has 2 rings (SSSR count). The van der Waals surface area contributed by atoms with E-state index in [1.165, 1.54) is 0 Å². The average Bonchev–Trinajstić information content (AvgIpc) is 2.73. The monoisotopic (exact) mass is 207 g/mol. The fourth-order valence-electron chi connectivity index (χ4n) is 0.948. The quantitative estimate of drug-likeness (QED) is 0.705. The molecule has 0 amide bonds. The fourth-order valence-corrected chi connectivity index (χ4v) is 0.948. The van der Waals surface area contributed by atoms with Gasteiger partial charge in [-0.3, -0.25) is 10.1 Å². The van der Waals surface area contributed by atoms with Crippen molar-refractivity contribution in [2.75, 3.05) is 5.75 Å². The lowest BCUT2D eigenvalue weighted by molar-refractivity contribution is 1.09. The predicted octanol–water partition coefficient (Wildman–Crippen LogP) is 2.41. The summed E-state index contributed by atoms with van der Waals surface area (Å²) in [6, 6.07) is 5.80. The Morgan fingerprint density at radius 3 is 2.36 bits per heavy atom. The van der Waals surface area contributed by atoms with Gasteiger partial charge in [0.05, 0.1) is 5.69 Å². The summed E-state index contributed by atoms with van der Waals surface area (Å²) < 4.78 is 0. The zero-order valence-corrected chi connectivity index (χ0v) is 8.91. The molecule has 0 aromatic carbocycles. The third-order valence-electron chi connectivity index (χ3n) is 1.49. The van der Waals surface area contributed by atoms with Crippen molar-refractivity contribution < 1.29 is 0 Å². The molecule has 0 bridgehead atoms. The van der Waals surface area contributed by atoms with Crippen LogP contribution in [0.25, 0.3) is 11.3 Å². The second-order valence-electron chi connectivity index (χ2n) is 2.52. The Bertz CT molecular complexity index is 332. The molecule has 2 heterocycles. The van der Waals surface area contributed by atoms with Crippen LogP contribution >= 0.6 is 12.6 Å². The number of aromatic nitrogens is 3. The number of aromatic amines is 1. The van der Waals surface area contributed by atoms with Crippen LogP contribution in [0.3, 0.4) is 0 Å². The van der Waals surface area contributed by atoms with E-state index < -0.39 is 0 Å². The van der Waals surface area contributed by atoms with Crippen molar-refractivity contribution in [3.63, 3.8) is 0 Å². The molecule has 2 aromatic rings. The SMILES string of the molecule is CCS.c1cc(-c2ccn[nH]2)ccn1. The molecule has 0 unspecified atom stereocenters. The Hall–Kier alpha value is -1.29. The van der Waals surface area contributed by atoms with Crippen LogP contribution in [0.2, 0.25) is 0 Å². The second kappa shape index (κ2) is 6.21. The molecule has 0 saturated heterocycles. The maximum Gasteiger partial charge on any atom is 0.0651 e. The Morgan fingerprint density at radius 2 is 1.86 bits per heavy atom. The predicted molar refractivity (Wildman–Crippen MR) is 61.3 cm³/mol. The standard InChI is InChI=1S/C8H7N3.C2H6S/c1-4-9-5-2-7(1)8-3-6-10-11-8;1-2-3/h1-6H,(H,10,11);3H,2H2,1H3. The van der Waals surface area contributed by atoms with Gasteiger partial charge in [0.25, 0.3) is 0 Å². The van der Waals surface area contributed by atoms with Crippen molar-refractivity contribution in [3.05, 3.63) is 36.8 Å². The summed E-state index contributed by atoms with van der Waals surface area (Å²) in [4.78, 5) is 3.92. The molecule has 14 heavy (non-hydrogen) atoms. The van der Waals surface area contributed by atoms with Crippen molar-refractivity contribution in [2.24, 2.45) is 0 Å². The molecule has 74 valence electrons. The normalized spacial score (nSPS) is 9.00. The highest BCUT2D eigenvalue weighted by atomic mass is 32.1. The molecule has 0 aliphatic heterocycles. The fraction of sp³-hybridized carbons (Fsp3) is 0.200. The number of pyridine rings is 1. The van der Waals surface area contributed by atoms with Gasteiger partial charge in [-0.2, -0.15) is 17.7 Å². The Balaban J connectivity index is 0.000000293. The molecule has 3 nitrogen and oxygen atoms in total. The van der Waals surface area contributed by atoms with Crippen LogP contribution in [0.5, 0.6) is 0 Å². The van der Waals surface area contributed by atoms with Gasteiger partial charge in [-0.1, -0.05) is 6.92 Å². The summed E-state index contributed by atoms with van der Waals surface area (Å²) in [5, 5.41) is 6.73. The van der Waals surface area contributed by atoms with Crippen LogP contribution in [0.15, 0.2) is 36.8 Å². The van der Waals surface area contributed by atoms with Crippen molar-refractivity contribution in [1.29, 1.82) is 0 Å². The third kappa shape index (κ3) is 3.22. The molecule has 0 fully saturated rings. The molecule has 0 aliphatic carbocycles. The van der Waals surface area contributed by atoms with Gasteiger partial charge in [-0.25, -0.2) is 0 Å². The molecule has 0 atom stereocenters. The van der Waals surface area contributed by atoms with Crippen molar-refractivity contribution >= 4 is 12.6 Å². The Morgan fingerprint density at radius 1 is 1.21 bits per heavy atom. The summed E-state index contributed by atoms with van der Waals surface area (Å²) in [5.41, 5.74) is 2.13. The van der Waals surface area contributed by atoms with Gasteiger partial charge in [0.2, 0.25) is 0 Å². The van der Waals surface area contributed by atoms with E-state index in [1.807, 2.05) is 25.1 Å². The lowest BCUT2D eigenvalue weighted by Crippen LogP contribution is -1.77. The van der Waals surface area contributed by atoms with E-state index in [9.17, 15) is 0 Å². The number of hydrogen-bond donors (Lipinski definition) is 2. The smallest absolute Gasteiger partial charge is 0.0651 e. The van der Waals surface area contributed by atoms with Crippen molar-refractivity contribution in [1.82, 2.24) is 15.2 Å². The molecule has 0 radical (unpaired) electrons. The molecule has 0 saturated carbocycles. The highest BCUT2D eigenvalue weighted by Gasteiger charge is 1.94. The first kappa shape index (κ1) is 10.8. The van der Waals surface area contributed by atoms with Crippen molar-refractivity contribution in [2.45, 2.75) is 6.92 Å². The minimum atomic E-state index is 0.944. The largest absolute Gasteiger partial charge is 0.278 e. The van der Waals surface area contributed by atoms with Crippen LogP contribution in [0, 0.1) is 0 Å². The number of rotatable bonds is 1. The van der Waals surface area contributed by atoms with E-state index in [2.05, 4.69) is 27.8 Å². The number of H-pyrrole nitrogens is 1. The number of nitrogens with one attached hydrogen (secondary N) is 1. The summed E-state index contributed by atoms with van der Waals surface area (Å²) >= 11 is 3.79. The zero-order chi connectivity index (χ0) is 10.2. The lowest BCUT2D eigenvalue weighted by atomic mass is 10.2. The van der Waals surface area contributed by atoms with E-state index in [0.29, 0.717) is 0 Å². The van der Waals surface area contributed by atoms with Gasteiger partial charge >= 0.3 is 0 Å². The minimum absolute atomic E-state index is 0.944. The van der Waals surface area contributed by atoms with Gasteiger partial charge in [0.15, 0.2) is 0 Å². The number of thiol groups is 1. The maximum absolute atomic E-state index is 3.92. The highest BCUT2D eigenvalue weighted by Crippen LogP contribution is 2.12. The first-order chi connectivity index (χ1) is 6.88. The van der Waals surface area contributed by atoms with E-state index in [0.717, 1.165) is 17.0 Å². The molecule has 0 aliphatic rings. The first-order valence-corrected chi connectivity index (χ1v) is 5.02. The van der Waals surface area contributed by atoms with Gasteiger partial charge in [0.1, 0.15) is 0 Å². The Labute approximate surface area is 89.0 Å². The van der Waals surface area contributed by atoms with Crippen LogP contribution < -0.4 is 0 Å². The van der Waals surface area contributed by atoms with Gasteiger partial charge in [0, 0.05) is 24.2 Å². The van der Waals surface area contributed by atoms with Crippen LogP contribution in [-0.2, 0) is 0 Å². The molecule has 0 spiro atoms. The minimum Gasteiger partial charge on any atom is -0.278 e. The van der Waals surface area contributed by atoms with Gasteiger partial charge < -0.3 is 0 Å². The van der Waals surface area contributed by atoms with Gasteiger partial charge in [-0.05, 0) is 24.0 Å². The molecular formula is C10H13N3S. The number of hydrogen-bond acceptors (Lipinski definition) is 3. The topological polar surface area (TPSA) is 41.6 Å². The summed E-state index contributed by atoms with van der Waals surface area (Å²) in [6.45, 7) is 1.99. The summed E-state index contributed by atoms with van der Waals surface area (Å²) in [5.74, 6) is 0.944.